The number of nitrogens with zero attached hydrogens (tertiary/aromatic N) is 2. The van der Waals surface area contributed by atoms with Crippen molar-refractivity contribution in [1.82, 2.24) is 10.2 Å². The summed E-state index contributed by atoms with van der Waals surface area (Å²) >= 11 is 0. The average molecular weight is 488 g/mol. The maximum absolute atomic E-state index is 13.2. The minimum Gasteiger partial charge on any atom is -0.457 e. The number of likely N-dealkylation sites (tertiary alicyclic amines) is 1. The summed E-state index contributed by atoms with van der Waals surface area (Å²) in [5.41, 5.74) is -1.95. The number of ketones is 1. The Morgan fingerprint density at radius 2 is 1.86 bits per heavy atom. The topological polar surface area (TPSA) is 145 Å². The van der Waals surface area contributed by atoms with Crippen LogP contribution >= 0.6 is 0 Å². The number of hydrogen-bond donors (Lipinski definition) is 1. The fraction of sp³-hybridized carbons (Fsp3) is 0.500. The van der Waals surface area contributed by atoms with Crippen LogP contribution in [0.4, 0.5) is 10.5 Å². The number of ether oxygens (including phenoxy) is 2. The minimum atomic E-state index is -1.05. The fourth-order valence-electron chi connectivity index (χ4n) is 4.10. The Labute approximate surface area is 202 Å². The summed E-state index contributed by atoms with van der Waals surface area (Å²) in [6.45, 7) is 10.0. The van der Waals surface area contributed by atoms with Crippen LogP contribution in [-0.2, 0) is 19.1 Å². The molecule has 1 saturated carbocycles. The molecule has 1 heterocycles. The molecule has 3 rings (SSSR count). The van der Waals surface area contributed by atoms with Gasteiger partial charge in [0, 0.05) is 24.5 Å². The maximum atomic E-state index is 13.2. The van der Waals surface area contributed by atoms with E-state index in [0.29, 0.717) is 6.42 Å². The molecule has 188 valence electrons. The Hall–Kier alpha value is -3.76. The van der Waals surface area contributed by atoms with Crippen molar-refractivity contribution in [2.45, 2.75) is 63.8 Å². The first-order valence-corrected chi connectivity index (χ1v) is 11.2. The van der Waals surface area contributed by atoms with Crippen molar-refractivity contribution >= 4 is 29.4 Å². The van der Waals surface area contributed by atoms with E-state index in [2.05, 4.69) is 11.9 Å². The third kappa shape index (κ3) is 5.67. The first kappa shape index (κ1) is 25.9. The lowest BCUT2D eigenvalue weighted by molar-refractivity contribution is -0.384. The zero-order chi connectivity index (χ0) is 26.1. The van der Waals surface area contributed by atoms with Gasteiger partial charge in [0.2, 0.25) is 5.91 Å². The molecule has 0 bridgehead atoms. The summed E-state index contributed by atoms with van der Waals surface area (Å²) in [5, 5.41) is 13.6. The summed E-state index contributed by atoms with van der Waals surface area (Å²) in [7, 11) is 0. The molecule has 0 spiro atoms. The second-order valence-corrected chi connectivity index (χ2v) is 9.78. The number of esters is 1. The predicted molar refractivity (Wildman–Crippen MR) is 124 cm³/mol. The lowest BCUT2D eigenvalue weighted by atomic mass is 10.1. The molecule has 4 unspecified atom stereocenters. The molecule has 1 saturated heterocycles. The van der Waals surface area contributed by atoms with Crippen molar-refractivity contribution in [2.75, 3.05) is 6.54 Å². The molecule has 4 atom stereocenters. The summed E-state index contributed by atoms with van der Waals surface area (Å²) in [6.07, 6.45) is 0.450. The summed E-state index contributed by atoms with van der Waals surface area (Å²) in [4.78, 5) is 62.3. The van der Waals surface area contributed by atoms with Gasteiger partial charge in [-0.05, 0) is 46.2 Å². The highest BCUT2D eigenvalue weighted by molar-refractivity contribution is 5.97. The highest BCUT2D eigenvalue weighted by Gasteiger charge is 2.58. The van der Waals surface area contributed by atoms with Crippen LogP contribution in [0.2, 0.25) is 0 Å². The number of non-ortho nitro benzene ring substituents is 1. The monoisotopic (exact) mass is 487 g/mol. The Bertz CT molecular complexity index is 1060. The molecule has 2 fully saturated rings. The zero-order valence-corrected chi connectivity index (χ0v) is 20.1. The Balaban J connectivity index is 1.76. The molecule has 0 aromatic heterocycles. The first-order valence-electron chi connectivity index (χ1n) is 11.2. The quantitative estimate of drug-likeness (QED) is 0.267. The maximum Gasteiger partial charge on any atom is 0.411 e. The largest absolute Gasteiger partial charge is 0.457 e. The van der Waals surface area contributed by atoms with Crippen molar-refractivity contribution in [1.29, 1.82) is 0 Å². The SMILES string of the molecule is C=CC1CC1(NC(=O)C1CC(OC(=O)c2ccc([N+](=O)[O-])cc2)CN1C(=O)OC(C)(C)C)C(C)=O. The molecular weight excluding hydrogens is 458 g/mol. The van der Waals surface area contributed by atoms with Crippen LogP contribution in [0.25, 0.3) is 0 Å². The van der Waals surface area contributed by atoms with Gasteiger partial charge in [0.15, 0.2) is 5.78 Å². The van der Waals surface area contributed by atoms with E-state index < -0.39 is 46.2 Å². The van der Waals surface area contributed by atoms with Crippen LogP contribution < -0.4 is 5.32 Å². The van der Waals surface area contributed by atoms with Gasteiger partial charge in [-0.25, -0.2) is 9.59 Å². The van der Waals surface area contributed by atoms with Gasteiger partial charge in [-0.3, -0.25) is 24.6 Å². The molecule has 2 amide bonds. The standard InChI is InChI=1S/C24H29N3O8/c1-6-16-12-24(16,14(2)28)25-20(29)19-11-18(13-26(19)22(31)35-23(3,4)5)34-21(30)15-7-9-17(10-8-15)27(32)33/h6-10,16,18-19H,1,11-13H2,2-5H3,(H,25,29). The van der Waals surface area contributed by atoms with E-state index in [4.69, 9.17) is 9.47 Å². The van der Waals surface area contributed by atoms with Gasteiger partial charge in [0.05, 0.1) is 17.0 Å². The molecule has 2 aliphatic rings. The van der Waals surface area contributed by atoms with E-state index in [9.17, 15) is 29.3 Å². The third-order valence-electron chi connectivity index (χ3n) is 6.05. The van der Waals surface area contributed by atoms with Crippen molar-refractivity contribution in [3.8, 4) is 0 Å². The van der Waals surface area contributed by atoms with Crippen LogP contribution in [0.1, 0.15) is 50.9 Å². The van der Waals surface area contributed by atoms with E-state index in [1.54, 1.807) is 26.8 Å². The highest BCUT2D eigenvalue weighted by atomic mass is 16.6. The predicted octanol–water partition coefficient (Wildman–Crippen LogP) is 2.78. The van der Waals surface area contributed by atoms with Crippen LogP contribution in [0, 0.1) is 16.0 Å². The zero-order valence-electron chi connectivity index (χ0n) is 20.1. The number of nitrogens with one attached hydrogen (secondary N) is 1. The smallest absolute Gasteiger partial charge is 0.411 e. The van der Waals surface area contributed by atoms with Gasteiger partial charge < -0.3 is 14.8 Å². The second-order valence-electron chi connectivity index (χ2n) is 9.78. The minimum absolute atomic E-state index is 0.00343. The Morgan fingerprint density at radius 3 is 2.34 bits per heavy atom. The third-order valence-corrected chi connectivity index (χ3v) is 6.05. The van der Waals surface area contributed by atoms with Gasteiger partial charge in [-0.1, -0.05) is 6.08 Å². The van der Waals surface area contributed by atoms with E-state index in [0.717, 1.165) is 0 Å². The van der Waals surface area contributed by atoms with E-state index in [-0.39, 0.29) is 35.9 Å². The number of hydrogen-bond acceptors (Lipinski definition) is 8. The van der Waals surface area contributed by atoms with Crippen molar-refractivity contribution in [3.05, 3.63) is 52.6 Å². The Kier molecular flexibility index (Phi) is 7.00. The van der Waals surface area contributed by atoms with Crippen LogP contribution in [0.15, 0.2) is 36.9 Å². The Morgan fingerprint density at radius 1 is 1.23 bits per heavy atom. The summed E-state index contributed by atoms with van der Waals surface area (Å²) in [5.74, 6) is -1.71. The lowest BCUT2D eigenvalue weighted by Crippen LogP contribution is -2.53. The second kappa shape index (κ2) is 9.47. The summed E-state index contributed by atoms with van der Waals surface area (Å²) < 4.78 is 10.9. The molecule has 1 aliphatic carbocycles. The van der Waals surface area contributed by atoms with Crippen LogP contribution in [0.3, 0.4) is 0 Å². The molecule has 1 aromatic carbocycles. The number of rotatable bonds is 7. The van der Waals surface area contributed by atoms with Crippen LogP contribution in [-0.4, -0.2) is 63.4 Å². The molecule has 1 aliphatic heterocycles. The number of nitro groups is 1. The van der Waals surface area contributed by atoms with Gasteiger partial charge in [-0.15, -0.1) is 6.58 Å². The molecule has 0 radical (unpaired) electrons. The summed E-state index contributed by atoms with van der Waals surface area (Å²) in [6, 6.07) is 3.87. The number of Topliss-reactive ketones (excluding diaryl/α,β-unsaturated/α-hetero) is 1. The van der Waals surface area contributed by atoms with Gasteiger partial charge in [0.25, 0.3) is 5.69 Å². The van der Waals surface area contributed by atoms with E-state index >= 15 is 0 Å². The van der Waals surface area contributed by atoms with Gasteiger partial charge >= 0.3 is 12.1 Å². The average Bonchev–Trinajstić information content (AvgIpc) is 3.32. The molecule has 11 heteroatoms. The molecule has 1 aromatic rings. The van der Waals surface area contributed by atoms with Gasteiger partial charge in [-0.2, -0.15) is 0 Å². The number of benzene rings is 1. The number of carbonyl (C=O) groups excluding carboxylic acids is 4. The normalized spacial score (nSPS) is 25.4. The number of amides is 2. The van der Waals surface area contributed by atoms with Gasteiger partial charge in [0.1, 0.15) is 23.3 Å². The first-order chi connectivity index (χ1) is 16.3. The van der Waals surface area contributed by atoms with Crippen molar-refractivity contribution in [2.24, 2.45) is 5.92 Å². The number of carbonyl (C=O) groups is 4. The fourth-order valence-corrected chi connectivity index (χ4v) is 4.10. The molecule has 11 nitrogen and oxygen atoms in total. The van der Waals surface area contributed by atoms with E-state index in [1.165, 1.54) is 36.1 Å². The molecular formula is C24H29N3O8. The van der Waals surface area contributed by atoms with Crippen molar-refractivity contribution < 1.29 is 33.6 Å². The highest BCUT2D eigenvalue weighted by Crippen LogP contribution is 2.45. The van der Waals surface area contributed by atoms with Crippen molar-refractivity contribution in [3.63, 3.8) is 0 Å². The lowest BCUT2D eigenvalue weighted by Gasteiger charge is -2.28. The molecule has 35 heavy (non-hydrogen) atoms. The number of nitro benzene ring substituents is 1. The van der Waals surface area contributed by atoms with Crippen LogP contribution in [0.5, 0.6) is 0 Å². The molecule has 1 N–H and O–H groups in total. The van der Waals surface area contributed by atoms with E-state index in [1.807, 2.05) is 0 Å².